The molecule has 1 amide bonds. The molecule has 0 aliphatic rings. The number of benzene rings is 2. The first-order valence-electron chi connectivity index (χ1n) is 8.66. The number of hydrogen-bond acceptors (Lipinski definition) is 4. The average molecular weight is 390 g/mol. The summed E-state index contributed by atoms with van der Waals surface area (Å²) in [5.74, 6) is 1.93. The molecule has 2 aromatic carbocycles. The van der Waals surface area contributed by atoms with Crippen LogP contribution >= 0.6 is 11.6 Å². The first-order valence-corrected chi connectivity index (χ1v) is 9.03. The van der Waals surface area contributed by atoms with Gasteiger partial charge in [-0.1, -0.05) is 17.7 Å². The van der Waals surface area contributed by atoms with Crippen molar-refractivity contribution in [2.24, 2.45) is 0 Å². The lowest BCUT2D eigenvalue weighted by atomic mass is 10.2. The fourth-order valence-electron chi connectivity index (χ4n) is 2.30. The zero-order valence-corrected chi connectivity index (χ0v) is 16.5. The summed E-state index contributed by atoms with van der Waals surface area (Å²) in [6, 6.07) is 12.7. The van der Waals surface area contributed by atoms with E-state index >= 15 is 0 Å². The van der Waals surface area contributed by atoms with Gasteiger partial charge in [0, 0.05) is 18.1 Å². The molecule has 0 saturated carbocycles. The first kappa shape index (κ1) is 20.6. The number of hydrogen-bond donors (Lipinski definition) is 0. The summed E-state index contributed by atoms with van der Waals surface area (Å²) in [6.07, 6.45) is 3.27. The Morgan fingerprint density at radius 1 is 1.11 bits per heavy atom. The molecule has 2 rings (SSSR count). The van der Waals surface area contributed by atoms with Gasteiger partial charge < -0.3 is 19.1 Å². The van der Waals surface area contributed by atoms with Crippen LogP contribution in [0.1, 0.15) is 12.5 Å². The monoisotopic (exact) mass is 389 g/mol. The van der Waals surface area contributed by atoms with Crippen LogP contribution in [-0.4, -0.2) is 44.7 Å². The molecule has 2 aromatic rings. The summed E-state index contributed by atoms with van der Waals surface area (Å²) in [4.78, 5) is 13.8. The van der Waals surface area contributed by atoms with Gasteiger partial charge in [0.05, 0.1) is 20.3 Å². The highest BCUT2D eigenvalue weighted by molar-refractivity contribution is 6.30. The molecular weight excluding hydrogens is 366 g/mol. The van der Waals surface area contributed by atoms with Crippen molar-refractivity contribution in [1.29, 1.82) is 0 Å². The SMILES string of the molecule is CCOc1ccc(/C=C/C(=O)N(C)CCOc2ccc(Cl)cc2)cc1OC. The smallest absolute Gasteiger partial charge is 0.246 e. The van der Waals surface area contributed by atoms with Gasteiger partial charge in [-0.05, 0) is 55.0 Å². The van der Waals surface area contributed by atoms with Crippen LogP contribution in [-0.2, 0) is 4.79 Å². The predicted octanol–water partition coefficient (Wildman–Crippen LogP) is 4.30. The molecule has 0 aromatic heterocycles. The lowest BCUT2D eigenvalue weighted by molar-refractivity contribution is -0.125. The summed E-state index contributed by atoms with van der Waals surface area (Å²) in [5, 5.41) is 0.658. The Morgan fingerprint density at radius 2 is 1.85 bits per heavy atom. The molecule has 5 nitrogen and oxygen atoms in total. The van der Waals surface area contributed by atoms with Crippen molar-refractivity contribution in [3.63, 3.8) is 0 Å². The number of ether oxygens (including phenoxy) is 3. The third kappa shape index (κ3) is 6.53. The largest absolute Gasteiger partial charge is 0.493 e. The standard InChI is InChI=1S/C21H24ClNO4/c1-4-26-19-11-5-16(15-20(19)25-3)6-12-21(24)23(2)13-14-27-18-9-7-17(22)8-10-18/h5-12,15H,4,13-14H2,1-3H3/b12-6+. The molecule has 0 N–H and O–H groups in total. The zero-order valence-electron chi connectivity index (χ0n) is 15.8. The maximum absolute atomic E-state index is 12.2. The van der Waals surface area contributed by atoms with Crippen LogP contribution in [0.5, 0.6) is 17.2 Å². The average Bonchev–Trinajstić information content (AvgIpc) is 2.68. The van der Waals surface area contributed by atoms with Crippen molar-refractivity contribution in [3.8, 4) is 17.2 Å². The molecule has 27 heavy (non-hydrogen) atoms. The Morgan fingerprint density at radius 3 is 2.52 bits per heavy atom. The van der Waals surface area contributed by atoms with E-state index in [0.29, 0.717) is 36.3 Å². The van der Waals surface area contributed by atoms with Gasteiger partial charge in [0.1, 0.15) is 12.4 Å². The molecule has 0 spiro atoms. The number of halogens is 1. The van der Waals surface area contributed by atoms with E-state index in [9.17, 15) is 4.79 Å². The van der Waals surface area contributed by atoms with Gasteiger partial charge in [0.25, 0.3) is 0 Å². The van der Waals surface area contributed by atoms with Gasteiger partial charge in [0.2, 0.25) is 5.91 Å². The number of rotatable bonds is 9. The lowest BCUT2D eigenvalue weighted by Gasteiger charge is -2.15. The lowest BCUT2D eigenvalue weighted by Crippen LogP contribution is -2.29. The Balaban J connectivity index is 1.86. The Hall–Kier alpha value is -2.66. The maximum atomic E-state index is 12.2. The highest BCUT2D eigenvalue weighted by Crippen LogP contribution is 2.28. The Labute approximate surface area is 165 Å². The van der Waals surface area contributed by atoms with Gasteiger partial charge in [-0.3, -0.25) is 4.79 Å². The van der Waals surface area contributed by atoms with Crippen molar-refractivity contribution in [3.05, 3.63) is 59.1 Å². The van der Waals surface area contributed by atoms with Crippen molar-refractivity contribution in [2.45, 2.75) is 6.92 Å². The van der Waals surface area contributed by atoms with E-state index in [-0.39, 0.29) is 5.91 Å². The molecule has 0 radical (unpaired) electrons. The molecule has 0 fully saturated rings. The first-order chi connectivity index (χ1) is 13.0. The normalized spacial score (nSPS) is 10.7. The van der Waals surface area contributed by atoms with E-state index in [4.69, 9.17) is 25.8 Å². The summed E-state index contributed by atoms with van der Waals surface area (Å²) in [5.41, 5.74) is 0.856. The summed E-state index contributed by atoms with van der Waals surface area (Å²) in [6.45, 7) is 3.35. The van der Waals surface area contributed by atoms with Crippen LogP contribution in [0.15, 0.2) is 48.5 Å². The third-order valence-corrected chi connectivity index (χ3v) is 4.04. The van der Waals surface area contributed by atoms with Crippen LogP contribution in [0.4, 0.5) is 0 Å². The molecule has 0 aliphatic heterocycles. The van der Waals surface area contributed by atoms with Crippen molar-refractivity contribution < 1.29 is 19.0 Å². The Bertz CT molecular complexity index is 774. The highest BCUT2D eigenvalue weighted by Gasteiger charge is 2.07. The number of carbonyl (C=O) groups excluding carboxylic acids is 1. The second-order valence-electron chi connectivity index (χ2n) is 5.74. The highest BCUT2D eigenvalue weighted by atomic mass is 35.5. The van der Waals surface area contributed by atoms with Crippen LogP contribution in [0.25, 0.3) is 6.08 Å². The molecule has 144 valence electrons. The number of nitrogens with zero attached hydrogens (tertiary/aromatic N) is 1. The fraction of sp³-hybridized carbons (Fsp3) is 0.286. The summed E-state index contributed by atoms with van der Waals surface area (Å²) >= 11 is 5.84. The van der Waals surface area contributed by atoms with Crippen molar-refractivity contribution in [1.82, 2.24) is 4.90 Å². The minimum Gasteiger partial charge on any atom is -0.493 e. The minimum atomic E-state index is -0.109. The van der Waals surface area contributed by atoms with Gasteiger partial charge in [0.15, 0.2) is 11.5 Å². The predicted molar refractivity (Wildman–Crippen MR) is 108 cm³/mol. The van der Waals surface area contributed by atoms with Crippen molar-refractivity contribution >= 4 is 23.6 Å². The van der Waals surface area contributed by atoms with E-state index in [1.54, 1.807) is 49.4 Å². The van der Waals surface area contributed by atoms with Gasteiger partial charge in [-0.2, -0.15) is 0 Å². The van der Waals surface area contributed by atoms with Crippen LogP contribution in [0, 0.1) is 0 Å². The Kier molecular flexibility index (Phi) is 8.01. The van der Waals surface area contributed by atoms with E-state index in [2.05, 4.69) is 0 Å². The van der Waals surface area contributed by atoms with E-state index < -0.39 is 0 Å². The third-order valence-electron chi connectivity index (χ3n) is 3.79. The molecule has 0 saturated heterocycles. The summed E-state index contributed by atoms with van der Waals surface area (Å²) < 4.78 is 16.4. The molecule has 0 bridgehead atoms. The molecule has 6 heteroatoms. The van der Waals surface area contributed by atoms with Crippen molar-refractivity contribution in [2.75, 3.05) is 33.9 Å². The zero-order chi connectivity index (χ0) is 19.6. The number of methoxy groups -OCH3 is 1. The van der Waals surface area contributed by atoms with Crippen LogP contribution in [0.2, 0.25) is 5.02 Å². The quantitative estimate of drug-likeness (QED) is 0.600. The fourth-order valence-corrected chi connectivity index (χ4v) is 2.42. The molecule has 0 atom stereocenters. The van der Waals surface area contributed by atoms with Crippen LogP contribution in [0.3, 0.4) is 0 Å². The topological polar surface area (TPSA) is 48.0 Å². The van der Waals surface area contributed by atoms with E-state index in [1.165, 1.54) is 6.08 Å². The van der Waals surface area contributed by atoms with E-state index in [1.807, 2.05) is 25.1 Å². The number of carbonyl (C=O) groups is 1. The van der Waals surface area contributed by atoms with Gasteiger partial charge in [-0.25, -0.2) is 0 Å². The van der Waals surface area contributed by atoms with Gasteiger partial charge in [-0.15, -0.1) is 0 Å². The molecule has 0 unspecified atom stereocenters. The number of likely N-dealkylation sites (N-methyl/N-ethyl adjacent to an activating group) is 1. The van der Waals surface area contributed by atoms with Gasteiger partial charge >= 0.3 is 0 Å². The molecular formula is C21H24ClNO4. The van der Waals surface area contributed by atoms with E-state index in [0.717, 1.165) is 11.3 Å². The summed E-state index contributed by atoms with van der Waals surface area (Å²) in [7, 11) is 3.32. The molecule has 0 aliphatic carbocycles. The van der Waals surface area contributed by atoms with Crippen LogP contribution < -0.4 is 14.2 Å². The second kappa shape index (κ2) is 10.5. The molecule has 0 heterocycles. The second-order valence-corrected chi connectivity index (χ2v) is 6.18. The maximum Gasteiger partial charge on any atom is 0.246 e. The minimum absolute atomic E-state index is 0.109. The number of amides is 1.